The lowest BCUT2D eigenvalue weighted by atomic mass is 9.77. The van der Waals surface area contributed by atoms with E-state index < -0.39 is 0 Å². The lowest BCUT2D eigenvalue weighted by molar-refractivity contribution is 0.221. The second-order valence-electron chi connectivity index (χ2n) is 4.36. The largest absolute Gasteiger partial charge is 0.511 e. The second kappa shape index (κ2) is 4.66. The van der Waals surface area contributed by atoms with Crippen molar-refractivity contribution in [2.75, 3.05) is 0 Å². The summed E-state index contributed by atoms with van der Waals surface area (Å²) in [7, 11) is 0. The van der Waals surface area contributed by atoms with Gasteiger partial charge in [-0.2, -0.15) is 0 Å². The summed E-state index contributed by atoms with van der Waals surface area (Å²) in [6.45, 7) is 5.76. The van der Waals surface area contributed by atoms with E-state index in [0.717, 1.165) is 12.3 Å². The zero-order valence-electron chi connectivity index (χ0n) is 8.50. The Balaban J connectivity index is 2.37. The number of aliphatic hydroxyl groups excluding tert-OH is 1. The van der Waals surface area contributed by atoms with Gasteiger partial charge >= 0.3 is 0 Å². The number of hydrogen-bond acceptors (Lipinski definition) is 2. The maximum absolute atomic E-state index is 9.12. The van der Waals surface area contributed by atoms with E-state index in [-0.39, 0.29) is 11.8 Å². The number of aliphatic hydroxyl groups is 1. The molecule has 0 aliphatic heterocycles. The first-order valence-electron chi connectivity index (χ1n) is 5.24. The number of hydrogen-bond donors (Lipinski definition) is 2. The van der Waals surface area contributed by atoms with Gasteiger partial charge in [-0.25, -0.2) is 0 Å². The van der Waals surface area contributed by atoms with Gasteiger partial charge in [-0.15, -0.1) is 0 Å². The maximum Gasteiger partial charge on any atom is 0.102 e. The third-order valence-electron chi connectivity index (χ3n) is 3.27. The van der Waals surface area contributed by atoms with E-state index >= 15 is 0 Å². The SMILES string of the molecule is C=C(O)[C@@H](N)CC1CCCCC1C. The van der Waals surface area contributed by atoms with Crippen LogP contribution in [0.1, 0.15) is 39.0 Å². The van der Waals surface area contributed by atoms with Crippen LogP contribution >= 0.6 is 0 Å². The molecule has 3 atom stereocenters. The van der Waals surface area contributed by atoms with Crippen LogP contribution in [0.25, 0.3) is 0 Å². The molecule has 0 amide bonds. The van der Waals surface area contributed by atoms with Crippen molar-refractivity contribution in [2.24, 2.45) is 17.6 Å². The Morgan fingerprint density at radius 2 is 2.15 bits per heavy atom. The monoisotopic (exact) mass is 183 g/mol. The molecule has 0 aromatic carbocycles. The second-order valence-corrected chi connectivity index (χ2v) is 4.36. The highest BCUT2D eigenvalue weighted by atomic mass is 16.3. The van der Waals surface area contributed by atoms with Gasteiger partial charge in [-0.3, -0.25) is 0 Å². The van der Waals surface area contributed by atoms with Crippen molar-refractivity contribution in [3.05, 3.63) is 12.3 Å². The van der Waals surface area contributed by atoms with Gasteiger partial charge in [-0.1, -0.05) is 39.2 Å². The first kappa shape index (κ1) is 10.6. The minimum atomic E-state index is -0.217. The van der Waals surface area contributed by atoms with Crippen LogP contribution in [0.3, 0.4) is 0 Å². The highest BCUT2D eigenvalue weighted by Gasteiger charge is 2.23. The van der Waals surface area contributed by atoms with Crippen LogP contribution < -0.4 is 5.73 Å². The molecule has 1 aliphatic carbocycles. The summed E-state index contributed by atoms with van der Waals surface area (Å²) in [6, 6.07) is -0.217. The van der Waals surface area contributed by atoms with Gasteiger partial charge in [0.05, 0.1) is 6.04 Å². The van der Waals surface area contributed by atoms with Crippen LogP contribution in [-0.4, -0.2) is 11.1 Å². The first-order valence-corrected chi connectivity index (χ1v) is 5.24. The van der Waals surface area contributed by atoms with E-state index in [1.807, 2.05) is 0 Å². The molecule has 0 aromatic heterocycles. The highest BCUT2D eigenvalue weighted by Crippen LogP contribution is 2.32. The molecule has 0 aromatic rings. The molecule has 1 fully saturated rings. The zero-order valence-corrected chi connectivity index (χ0v) is 8.50. The Hall–Kier alpha value is -0.500. The molecule has 2 heteroatoms. The van der Waals surface area contributed by atoms with Crippen LogP contribution in [0.15, 0.2) is 12.3 Å². The van der Waals surface area contributed by atoms with Crippen LogP contribution in [-0.2, 0) is 0 Å². The molecule has 0 heterocycles. The summed E-state index contributed by atoms with van der Waals surface area (Å²) in [5, 5.41) is 9.12. The Morgan fingerprint density at radius 3 is 2.69 bits per heavy atom. The van der Waals surface area contributed by atoms with E-state index in [2.05, 4.69) is 13.5 Å². The lowest BCUT2D eigenvalue weighted by Crippen LogP contribution is -2.29. The third-order valence-corrected chi connectivity index (χ3v) is 3.27. The lowest BCUT2D eigenvalue weighted by Gasteiger charge is -2.30. The number of nitrogens with two attached hydrogens (primary N) is 1. The quantitative estimate of drug-likeness (QED) is 0.661. The molecule has 76 valence electrons. The van der Waals surface area contributed by atoms with Gasteiger partial charge < -0.3 is 10.8 Å². The summed E-state index contributed by atoms with van der Waals surface area (Å²) in [6.07, 6.45) is 6.15. The minimum Gasteiger partial charge on any atom is -0.511 e. The fourth-order valence-corrected chi connectivity index (χ4v) is 2.21. The fraction of sp³-hybridized carbons (Fsp3) is 0.818. The summed E-state index contributed by atoms with van der Waals surface area (Å²) < 4.78 is 0. The Kier molecular flexibility index (Phi) is 3.79. The molecule has 0 bridgehead atoms. The highest BCUT2D eigenvalue weighted by molar-refractivity contribution is 4.94. The van der Waals surface area contributed by atoms with E-state index in [1.165, 1.54) is 25.7 Å². The summed E-state index contributed by atoms with van der Waals surface area (Å²) >= 11 is 0. The molecule has 0 saturated heterocycles. The Labute approximate surface area is 80.8 Å². The van der Waals surface area contributed by atoms with Crippen LogP contribution in [0.2, 0.25) is 0 Å². The first-order chi connectivity index (χ1) is 6.11. The van der Waals surface area contributed by atoms with Crippen molar-refractivity contribution < 1.29 is 5.11 Å². The van der Waals surface area contributed by atoms with Gasteiger partial charge in [0.25, 0.3) is 0 Å². The van der Waals surface area contributed by atoms with Crippen LogP contribution in [0.5, 0.6) is 0 Å². The standard InChI is InChI=1S/C11H21NO/c1-8-5-3-4-6-10(8)7-11(12)9(2)13/h8,10-11,13H,2-7,12H2,1H3/t8?,10?,11-/m0/s1. The van der Waals surface area contributed by atoms with Gasteiger partial charge in [0.15, 0.2) is 0 Å². The molecule has 13 heavy (non-hydrogen) atoms. The smallest absolute Gasteiger partial charge is 0.102 e. The molecule has 0 spiro atoms. The average molecular weight is 183 g/mol. The van der Waals surface area contributed by atoms with Crippen molar-refractivity contribution in [1.29, 1.82) is 0 Å². The molecular formula is C11H21NO. The van der Waals surface area contributed by atoms with Crippen molar-refractivity contribution in [3.63, 3.8) is 0 Å². The predicted molar refractivity (Wildman–Crippen MR) is 55.5 cm³/mol. The maximum atomic E-state index is 9.12. The van der Waals surface area contributed by atoms with Gasteiger partial charge in [0, 0.05) is 0 Å². The minimum absolute atomic E-state index is 0.137. The zero-order chi connectivity index (χ0) is 9.84. The molecular weight excluding hydrogens is 162 g/mol. The van der Waals surface area contributed by atoms with Crippen molar-refractivity contribution in [1.82, 2.24) is 0 Å². The molecule has 1 saturated carbocycles. The van der Waals surface area contributed by atoms with Crippen molar-refractivity contribution in [3.8, 4) is 0 Å². The van der Waals surface area contributed by atoms with Crippen molar-refractivity contribution in [2.45, 2.75) is 45.1 Å². The van der Waals surface area contributed by atoms with Crippen LogP contribution in [0.4, 0.5) is 0 Å². The predicted octanol–water partition coefficient (Wildman–Crippen LogP) is 2.60. The Bertz CT molecular complexity index is 179. The van der Waals surface area contributed by atoms with E-state index in [4.69, 9.17) is 10.8 Å². The van der Waals surface area contributed by atoms with Gasteiger partial charge in [0.1, 0.15) is 5.76 Å². The van der Waals surface area contributed by atoms with E-state index in [9.17, 15) is 0 Å². The van der Waals surface area contributed by atoms with E-state index in [0.29, 0.717) is 5.92 Å². The molecule has 1 aliphatic rings. The molecule has 3 N–H and O–H groups in total. The summed E-state index contributed by atoms with van der Waals surface area (Å²) in [4.78, 5) is 0. The third kappa shape index (κ3) is 3.03. The summed E-state index contributed by atoms with van der Waals surface area (Å²) in [5.74, 6) is 1.59. The van der Waals surface area contributed by atoms with Gasteiger partial charge in [0.2, 0.25) is 0 Å². The van der Waals surface area contributed by atoms with E-state index in [1.54, 1.807) is 0 Å². The molecule has 2 nitrogen and oxygen atoms in total. The molecule has 2 unspecified atom stereocenters. The summed E-state index contributed by atoms with van der Waals surface area (Å²) in [5.41, 5.74) is 5.76. The van der Waals surface area contributed by atoms with Gasteiger partial charge in [-0.05, 0) is 18.3 Å². The number of rotatable bonds is 3. The topological polar surface area (TPSA) is 46.2 Å². The van der Waals surface area contributed by atoms with Crippen LogP contribution in [0, 0.1) is 11.8 Å². The molecule has 0 radical (unpaired) electrons. The van der Waals surface area contributed by atoms with Crippen molar-refractivity contribution >= 4 is 0 Å². The average Bonchev–Trinajstić information content (AvgIpc) is 2.08. The Morgan fingerprint density at radius 1 is 1.54 bits per heavy atom. The molecule has 1 rings (SSSR count). The fourth-order valence-electron chi connectivity index (χ4n) is 2.21. The normalized spacial score (nSPS) is 31.2.